The SMILES string of the molecule is COC(=O)CC(=O)n1ccc2cc(Cl)ccc21. The molecule has 0 bridgehead atoms. The Morgan fingerprint density at radius 2 is 2.12 bits per heavy atom. The molecule has 0 amide bonds. The number of aromatic nitrogens is 1. The maximum Gasteiger partial charge on any atom is 0.315 e. The number of halogens is 1. The van der Waals surface area contributed by atoms with E-state index in [1.165, 1.54) is 11.7 Å². The molecule has 2 aromatic rings. The molecule has 1 heterocycles. The molecule has 88 valence electrons. The van der Waals surface area contributed by atoms with Crippen molar-refractivity contribution in [3.8, 4) is 0 Å². The fourth-order valence-corrected chi connectivity index (χ4v) is 1.79. The van der Waals surface area contributed by atoms with Gasteiger partial charge in [-0.1, -0.05) is 11.6 Å². The van der Waals surface area contributed by atoms with Crippen molar-refractivity contribution in [1.82, 2.24) is 4.57 Å². The Balaban J connectivity index is 2.36. The number of ether oxygens (including phenoxy) is 1. The quantitative estimate of drug-likeness (QED) is 0.609. The average Bonchev–Trinajstić information content (AvgIpc) is 2.71. The minimum absolute atomic E-state index is 0.275. The highest BCUT2D eigenvalue weighted by Gasteiger charge is 2.13. The van der Waals surface area contributed by atoms with Gasteiger partial charge in [-0.25, -0.2) is 0 Å². The summed E-state index contributed by atoms with van der Waals surface area (Å²) < 4.78 is 5.88. The van der Waals surface area contributed by atoms with Crippen LogP contribution in [0.1, 0.15) is 11.2 Å². The third-order valence-corrected chi connectivity index (χ3v) is 2.68. The molecule has 5 heteroatoms. The molecule has 0 aliphatic carbocycles. The zero-order valence-corrected chi connectivity index (χ0v) is 9.90. The fraction of sp³-hybridized carbons (Fsp3) is 0.167. The van der Waals surface area contributed by atoms with Gasteiger partial charge in [-0.2, -0.15) is 0 Å². The summed E-state index contributed by atoms with van der Waals surface area (Å²) >= 11 is 5.85. The Labute approximate surface area is 103 Å². The number of hydrogen-bond donors (Lipinski definition) is 0. The molecular weight excluding hydrogens is 242 g/mol. The molecule has 0 spiro atoms. The molecule has 0 atom stereocenters. The number of fused-ring (bicyclic) bond motifs is 1. The molecular formula is C12H10ClNO3. The molecule has 0 aliphatic heterocycles. The van der Waals surface area contributed by atoms with E-state index in [1.54, 1.807) is 30.5 Å². The molecule has 17 heavy (non-hydrogen) atoms. The summed E-state index contributed by atoms with van der Waals surface area (Å²) in [6.45, 7) is 0. The summed E-state index contributed by atoms with van der Waals surface area (Å²) in [6.07, 6.45) is 1.34. The van der Waals surface area contributed by atoms with E-state index in [0.29, 0.717) is 5.02 Å². The predicted molar refractivity (Wildman–Crippen MR) is 64.2 cm³/mol. The molecule has 0 unspecified atom stereocenters. The van der Waals surface area contributed by atoms with Crippen molar-refractivity contribution in [2.45, 2.75) is 6.42 Å². The van der Waals surface area contributed by atoms with Crippen molar-refractivity contribution in [3.63, 3.8) is 0 Å². The second kappa shape index (κ2) is 4.59. The smallest absolute Gasteiger partial charge is 0.315 e. The summed E-state index contributed by atoms with van der Waals surface area (Å²) in [5.41, 5.74) is 0.725. The van der Waals surface area contributed by atoms with Crippen LogP contribution in [0, 0.1) is 0 Å². The molecule has 0 N–H and O–H groups in total. The van der Waals surface area contributed by atoms with E-state index >= 15 is 0 Å². The van der Waals surface area contributed by atoms with Crippen LogP contribution in [0.5, 0.6) is 0 Å². The van der Waals surface area contributed by atoms with E-state index in [9.17, 15) is 9.59 Å². The van der Waals surface area contributed by atoms with Crippen LogP contribution in [0.2, 0.25) is 5.02 Å². The predicted octanol–water partition coefficient (Wildman–Crippen LogP) is 2.50. The molecule has 0 aliphatic rings. The molecule has 0 saturated carbocycles. The first-order valence-electron chi connectivity index (χ1n) is 4.98. The van der Waals surface area contributed by atoms with Crippen LogP contribution in [0.3, 0.4) is 0 Å². The molecule has 4 nitrogen and oxygen atoms in total. The third kappa shape index (κ3) is 2.31. The number of hydrogen-bond acceptors (Lipinski definition) is 3. The highest BCUT2D eigenvalue weighted by Crippen LogP contribution is 2.20. The van der Waals surface area contributed by atoms with Gasteiger partial charge in [0, 0.05) is 16.6 Å². The van der Waals surface area contributed by atoms with E-state index in [-0.39, 0.29) is 12.3 Å². The Hall–Kier alpha value is -1.81. The van der Waals surface area contributed by atoms with Crippen LogP contribution in [-0.4, -0.2) is 23.6 Å². The van der Waals surface area contributed by atoms with Crippen LogP contribution >= 0.6 is 11.6 Å². The molecule has 1 aromatic carbocycles. The lowest BCUT2D eigenvalue weighted by Crippen LogP contribution is -2.15. The number of esters is 1. The second-order valence-corrected chi connectivity index (χ2v) is 3.97. The largest absolute Gasteiger partial charge is 0.469 e. The van der Waals surface area contributed by atoms with Crippen molar-refractivity contribution in [2.24, 2.45) is 0 Å². The highest BCUT2D eigenvalue weighted by molar-refractivity contribution is 6.31. The van der Waals surface area contributed by atoms with Gasteiger partial charge in [-0.05, 0) is 24.3 Å². The van der Waals surface area contributed by atoms with Crippen molar-refractivity contribution in [1.29, 1.82) is 0 Å². The molecule has 1 aromatic heterocycles. The summed E-state index contributed by atoms with van der Waals surface area (Å²) in [6, 6.07) is 6.98. The Kier molecular flexibility index (Phi) is 3.15. The Morgan fingerprint density at radius 1 is 1.35 bits per heavy atom. The van der Waals surface area contributed by atoms with Gasteiger partial charge in [0.2, 0.25) is 5.91 Å². The van der Waals surface area contributed by atoms with E-state index in [0.717, 1.165) is 10.9 Å². The zero-order valence-electron chi connectivity index (χ0n) is 9.14. The lowest BCUT2D eigenvalue weighted by Gasteiger charge is -2.03. The molecule has 0 saturated heterocycles. The first-order chi connectivity index (χ1) is 8.11. The van der Waals surface area contributed by atoms with E-state index < -0.39 is 5.97 Å². The first-order valence-corrected chi connectivity index (χ1v) is 5.36. The van der Waals surface area contributed by atoms with Crippen molar-refractivity contribution in [3.05, 3.63) is 35.5 Å². The van der Waals surface area contributed by atoms with Gasteiger partial charge < -0.3 is 4.74 Å². The van der Waals surface area contributed by atoms with Crippen molar-refractivity contribution in [2.75, 3.05) is 7.11 Å². The standard InChI is InChI=1S/C12H10ClNO3/c1-17-12(16)7-11(15)14-5-4-8-6-9(13)2-3-10(8)14/h2-6H,7H2,1H3. The lowest BCUT2D eigenvalue weighted by atomic mass is 10.2. The maximum atomic E-state index is 11.8. The average molecular weight is 252 g/mol. The van der Waals surface area contributed by atoms with Crippen molar-refractivity contribution >= 4 is 34.4 Å². The normalized spacial score (nSPS) is 10.5. The van der Waals surface area contributed by atoms with Gasteiger partial charge in [0.25, 0.3) is 0 Å². The number of carbonyl (C=O) groups is 2. The van der Waals surface area contributed by atoms with E-state index in [4.69, 9.17) is 11.6 Å². The third-order valence-electron chi connectivity index (χ3n) is 2.44. The van der Waals surface area contributed by atoms with Crippen LogP contribution in [-0.2, 0) is 9.53 Å². The van der Waals surface area contributed by atoms with Gasteiger partial charge in [0.05, 0.1) is 12.6 Å². The number of nitrogens with zero attached hydrogens (tertiary/aromatic N) is 1. The van der Waals surface area contributed by atoms with Gasteiger partial charge >= 0.3 is 5.97 Å². The number of methoxy groups -OCH3 is 1. The van der Waals surface area contributed by atoms with Gasteiger partial charge in [-0.3, -0.25) is 14.2 Å². The first kappa shape index (κ1) is 11.7. The molecule has 2 rings (SSSR count). The monoisotopic (exact) mass is 251 g/mol. The van der Waals surface area contributed by atoms with Crippen LogP contribution in [0.4, 0.5) is 0 Å². The summed E-state index contributed by atoms with van der Waals surface area (Å²) in [4.78, 5) is 22.8. The summed E-state index contributed by atoms with van der Waals surface area (Å²) in [5, 5.41) is 1.46. The maximum absolute atomic E-state index is 11.8. The number of rotatable bonds is 2. The number of carbonyl (C=O) groups excluding carboxylic acids is 2. The topological polar surface area (TPSA) is 48.3 Å². The van der Waals surface area contributed by atoms with Crippen LogP contribution in [0.15, 0.2) is 30.5 Å². The Bertz CT molecular complexity index is 588. The minimum Gasteiger partial charge on any atom is -0.469 e. The highest BCUT2D eigenvalue weighted by atomic mass is 35.5. The summed E-state index contributed by atoms with van der Waals surface area (Å²) in [5.74, 6) is -0.875. The lowest BCUT2D eigenvalue weighted by molar-refractivity contribution is -0.139. The zero-order chi connectivity index (χ0) is 12.4. The second-order valence-electron chi connectivity index (χ2n) is 3.54. The fourth-order valence-electron chi connectivity index (χ4n) is 1.61. The minimum atomic E-state index is -0.550. The Morgan fingerprint density at radius 3 is 2.82 bits per heavy atom. The van der Waals surface area contributed by atoms with E-state index in [1.807, 2.05) is 0 Å². The summed E-state index contributed by atoms with van der Waals surface area (Å²) in [7, 11) is 1.25. The van der Waals surface area contributed by atoms with Crippen LogP contribution < -0.4 is 0 Å². The van der Waals surface area contributed by atoms with Gasteiger partial charge in [-0.15, -0.1) is 0 Å². The number of benzene rings is 1. The van der Waals surface area contributed by atoms with Gasteiger partial charge in [0.1, 0.15) is 6.42 Å². The van der Waals surface area contributed by atoms with Gasteiger partial charge in [0.15, 0.2) is 0 Å². The van der Waals surface area contributed by atoms with Crippen molar-refractivity contribution < 1.29 is 14.3 Å². The van der Waals surface area contributed by atoms with Crippen LogP contribution in [0.25, 0.3) is 10.9 Å². The molecule has 0 fully saturated rings. The van der Waals surface area contributed by atoms with E-state index in [2.05, 4.69) is 4.74 Å². The molecule has 0 radical (unpaired) electrons.